The minimum Gasteiger partial charge on any atom is -0.363 e. The molecule has 0 aromatic carbocycles. The smallest absolute Gasteiger partial charge is 0.242 e. The van der Waals surface area contributed by atoms with Crippen LogP contribution in [0.25, 0.3) is 0 Å². The molecule has 1 aromatic heterocycles. The van der Waals surface area contributed by atoms with Gasteiger partial charge in [-0.05, 0) is 46.1 Å². The molecule has 3 rings (SSSR count). The van der Waals surface area contributed by atoms with Gasteiger partial charge >= 0.3 is 0 Å². The van der Waals surface area contributed by atoms with Crippen LogP contribution in [0.3, 0.4) is 0 Å². The molecule has 1 unspecified atom stereocenters. The summed E-state index contributed by atoms with van der Waals surface area (Å²) >= 11 is 0. The van der Waals surface area contributed by atoms with Crippen molar-refractivity contribution in [3.8, 4) is 0 Å². The monoisotopic (exact) mass is 331 g/mol. The first kappa shape index (κ1) is 17.1. The number of hydrogen-bond donors (Lipinski definition) is 1. The van der Waals surface area contributed by atoms with Gasteiger partial charge in [-0.1, -0.05) is 0 Å². The number of hydrogen-bond acceptors (Lipinski definition) is 5. The van der Waals surface area contributed by atoms with Gasteiger partial charge in [0.05, 0.1) is 5.54 Å². The van der Waals surface area contributed by atoms with Crippen LogP contribution in [0.4, 0.5) is 5.82 Å². The van der Waals surface area contributed by atoms with Gasteiger partial charge in [0.1, 0.15) is 11.6 Å². The van der Waals surface area contributed by atoms with E-state index in [1.165, 1.54) is 0 Å². The first-order valence-corrected chi connectivity index (χ1v) is 8.96. The number of rotatable bonds is 3. The van der Waals surface area contributed by atoms with Gasteiger partial charge in [0.2, 0.25) is 5.91 Å². The Bertz CT molecular complexity index is 601. The lowest BCUT2D eigenvalue weighted by Gasteiger charge is -2.36. The highest BCUT2D eigenvalue weighted by Crippen LogP contribution is 2.29. The van der Waals surface area contributed by atoms with Gasteiger partial charge in [-0.2, -0.15) is 0 Å². The molecule has 2 saturated heterocycles. The fourth-order valence-corrected chi connectivity index (χ4v) is 3.75. The van der Waals surface area contributed by atoms with Crippen LogP contribution in [0.5, 0.6) is 0 Å². The van der Waals surface area contributed by atoms with E-state index >= 15 is 0 Å². The van der Waals surface area contributed by atoms with E-state index in [4.69, 9.17) is 4.98 Å². The second-order valence-corrected chi connectivity index (χ2v) is 7.55. The quantitative estimate of drug-likeness (QED) is 0.913. The maximum Gasteiger partial charge on any atom is 0.242 e. The normalized spacial score (nSPS) is 25.1. The molecule has 1 amide bonds. The maximum absolute atomic E-state index is 12.8. The zero-order valence-electron chi connectivity index (χ0n) is 15.3. The van der Waals surface area contributed by atoms with Gasteiger partial charge in [-0.3, -0.25) is 4.79 Å². The van der Waals surface area contributed by atoms with E-state index in [0.29, 0.717) is 5.92 Å². The highest BCUT2D eigenvalue weighted by molar-refractivity contribution is 5.86. The summed E-state index contributed by atoms with van der Waals surface area (Å²) in [6.45, 7) is 6.61. The third kappa shape index (κ3) is 3.38. The average molecular weight is 331 g/mol. The van der Waals surface area contributed by atoms with Gasteiger partial charge in [0.25, 0.3) is 0 Å². The van der Waals surface area contributed by atoms with Crippen molar-refractivity contribution in [1.29, 1.82) is 0 Å². The van der Waals surface area contributed by atoms with Crippen molar-refractivity contribution in [3.05, 3.63) is 17.6 Å². The number of nitrogens with one attached hydrogen (secondary N) is 1. The average Bonchev–Trinajstić information content (AvgIpc) is 3.01. The van der Waals surface area contributed by atoms with Crippen LogP contribution in [0.15, 0.2) is 6.07 Å². The Labute approximate surface area is 144 Å². The molecule has 2 aliphatic rings. The van der Waals surface area contributed by atoms with Gasteiger partial charge in [-0.15, -0.1) is 0 Å². The minimum atomic E-state index is -0.356. The van der Waals surface area contributed by atoms with E-state index in [1.54, 1.807) is 0 Å². The molecule has 3 heterocycles. The number of anilines is 1. The second kappa shape index (κ2) is 6.67. The first-order chi connectivity index (χ1) is 11.4. The van der Waals surface area contributed by atoms with Crippen molar-refractivity contribution in [3.63, 3.8) is 0 Å². The van der Waals surface area contributed by atoms with E-state index in [9.17, 15) is 4.79 Å². The number of aryl methyl sites for hydroxylation is 1. The predicted octanol–water partition coefficient (Wildman–Crippen LogP) is 1.70. The standard InChI is InChI=1S/C18H29N5O/c1-13-12-15(22(3)4)21-16(20-13)14-6-10-23(11-7-14)17(24)18(2)8-5-9-19-18/h12,14,19H,5-11H2,1-4H3. The molecular weight excluding hydrogens is 302 g/mol. The number of carbonyl (C=O) groups is 1. The molecule has 0 radical (unpaired) electrons. The number of nitrogens with zero attached hydrogens (tertiary/aromatic N) is 4. The summed E-state index contributed by atoms with van der Waals surface area (Å²) < 4.78 is 0. The molecular formula is C18H29N5O. The summed E-state index contributed by atoms with van der Waals surface area (Å²) in [4.78, 5) is 26.2. The molecule has 6 heteroatoms. The fourth-order valence-electron chi connectivity index (χ4n) is 3.75. The molecule has 24 heavy (non-hydrogen) atoms. The maximum atomic E-state index is 12.8. The van der Waals surface area contributed by atoms with Crippen LogP contribution in [-0.4, -0.2) is 60.0 Å². The van der Waals surface area contributed by atoms with Crippen LogP contribution in [0.2, 0.25) is 0 Å². The largest absolute Gasteiger partial charge is 0.363 e. The van der Waals surface area contributed by atoms with Crippen LogP contribution in [-0.2, 0) is 4.79 Å². The number of likely N-dealkylation sites (tertiary alicyclic amines) is 1. The van der Waals surface area contributed by atoms with E-state index in [-0.39, 0.29) is 11.4 Å². The van der Waals surface area contributed by atoms with Gasteiger partial charge in [-0.25, -0.2) is 9.97 Å². The lowest BCUT2D eigenvalue weighted by atomic mass is 9.92. The molecule has 0 aliphatic carbocycles. The van der Waals surface area contributed by atoms with Gasteiger partial charge in [0, 0.05) is 44.9 Å². The summed E-state index contributed by atoms with van der Waals surface area (Å²) in [6, 6.07) is 2.01. The van der Waals surface area contributed by atoms with Gasteiger partial charge < -0.3 is 15.1 Å². The highest BCUT2D eigenvalue weighted by atomic mass is 16.2. The minimum absolute atomic E-state index is 0.262. The molecule has 0 bridgehead atoms. The number of piperidine rings is 1. The highest BCUT2D eigenvalue weighted by Gasteiger charge is 2.40. The summed E-state index contributed by atoms with van der Waals surface area (Å²) in [5.74, 6) is 2.49. The predicted molar refractivity (Wildman–Crippen MR) is 95.3 cm³/mol. The van der Waals surface area contributed by atoms with Crippen LogP contribution in [0.1, 0.15) is 50.0 Å². The number of amides is 1. The molecule has 2 fully saturated rings. The van der Waals surface area contributed by atoms with E-state index < -0.39 is 0 Å². The summed E-state index contributed by atoms with van der Waals surface area (Å²) in [6.07, 6.45) is 3.92. The lowest BCUT2D eigenvalue weighted by Crippen LogP contribution is -2.54. The molecule has 2 aliphatic heterocycles. The summed E-state index contributed by atoms with van der Waals surface area (Å²) in [5, 5.41) is 3.38. The Morgan fingerprint density at radius 1 is 1.33 bits per heavy atom. The van der Waals surface area contributed by atoms with Crippen molar-refractivity contribution in [1.82, 2.24) is 20.2 Å². The van der Waals surface area contributed by atoms with Crippen LogP contribution < -0.4 is 10.2 Å². The SMILES string of the molecule is Cc1cc(N(C)C)nc(C2CCN(C(=O)C3(C)CCCN3)CC2)n1. The molecule has 1 atom stereocenters. The second-order valence-electron chi connectivity index (χ2n) is 7.55. The lowest BCUT2D eigenvalue weighted by molar-refractivity contribution is -0.138. The van der Waals surface area contributed by atoms with Crippen molar-refractivity contribution in [2.24, 2.45) is 0 Å². The van der Waals surface area contributed by atoms with Crippen molar-refractivity contribution >= 4 is 11.7 Å². The van der Waals surface area contributed by atoms with Crippen molar-refractivity contribution < 1.29 is 4.79 Å². The zero-order valence-corrected chi connectivity index (χ0v) is 15.3. The van der Waals surface area contributed by atoms with E-state index in [1.807, 2.05) is 43.8 Å². The first-order valence-electron chi connectivity index (χ1n) is 8.96. The molecule has 6 nitrogen and oxygen atoms in total. The molecule has 132 valence electrons. The molecule has 1 aromatic rings. The third-order valence-corrected chi connectivity index (χ3v) is 5.30. The Kier molecular flexibility index (Phi) is 4.76. The van der Waals surface area contributed by atoms with E-state index in [0.717, 1.165) is 62.7 Å². The molecule has 0 saturated carbocycles. The molecule has 1 N–H and O–H groups in total. The Morgan fingerprint density at radius 2 is 2.04 bits per heavy atom. The van der Waals surface area contributed by atoms with Crippen molar-refractivity contribution in [2.45, 2.75) is 51.0 Å². The van der Waals surface area contributed by atoms with Crippen LogP contribution >= 0.6 is 0 Å². The van der Waals surface area contributed by atoms with Crippen LogP contribution in [0, 0.1) is 6.92 Å². The molecule has 0 spiro atoms. The number of carbonyl (C=O) groups excluding carboxylic acids is 1. The van der Waals surface area contributed by atoms with Gasteiger partial charge in [0.15, 0.2) is 0 Å². The van der Waals surface area contributed by atoms with Crippen molar-refractivity contribution in [2.75, 3.05) is 38.6 Å². The fraction of sp³-hybridized carbons (Fsp3) is 0.722. The Morgan fingerprint density at radius 3 is 2.62 bits per heavy atom. The summed E-state index contributed by atoms with van der Waals surface area (Å²) in [5.41, 5.74) is 0.648. The summed E-state index contributed by atoms with van der Waals surface area (Å²) in [7, 11) is 4.00. The number of aromatic nitrogens is 2. The third-order valence-electron chi connectivity index (χ3n) is 5.30. The Balaban J connectivity index is 1.66. The Hall–Kier alpha value is -1.69. The zero-order chi connectivity index (χ0) is 17.3. The topological polar surface area (TPSA) is 61.4 Å². The van der Waals surface area contributed by atoms with E-state index in [2.05, 4.69) is 10.3 Å².